The number of ether oxygens (including phenoxy) is 1. The quantitative estimate of drug-likeness (QED) is 0.465. The Balaban J connectivity index is 1.65. The van der Waals surface area contributed by atoms with Gasteiger partial charge in [-0.05, 0) is 52.0 Å². The van der Waals surface area contributed by atoms with Crippen molar-refractivity contribution in [3.05, 3.63) is 47.9 Å². The van der Waals surface area contributed by atoms with Crippen LogP contribution in [-0.2, 0) is 5.60 Å². The van der Waals surface area contributed by atoms with Crippen molar-refractivity contribution < 1.29 is 36.2 Å². The van der Waals surface area contributed by atoms with Crippen molar-refractivity contribution >= 4 is 5.82 Å². The van der Waals surface area contributed by atoms with Gasteiger partial charge in [-0.2, -0.15) is 31.4 Å². The number of rotatable bonds is 5. The Morgan fingerprint density at radius 2 is 1.68 bits per heavy atom. The number of aromatic nitrogens is 4. The molecular weight excluding hydrogens is 506 g/mol. The average Bonchev–Trinajstić information content (AvgIpc) is 3.27. The molecule has 0 unspecified atom stereocenters. The number of aliphatic hydroxyl groups is 1. The number of likely N-dealkylation sites (tertiary alicyclic amines) is 1. The molecule has 8 nitrogen and oxygen atoms in total. The van der Waals surface area contributed by atoms with Gasteiger partial charge < -0.3 is 20.5 Å². The number of aryl methyl sites for hydroxylation is 1. The number of nitrogens with zero attached hydrogens (tertiary/aromatic N) is 5. The Morgan fingerprint density at radius 3 is 2.30 bits per heavy atom. The van der Waals surface area contributed by atoms with Crippen LogP contribution in [0.15, 0.2) is 36.8 Å². The van der Waals surface area contributed by atoms with Crippen molar-refractivity contribution in [1.29, 1.82) is 0 Å². The molecule has 3 N–H and O–H groups in total. The lowest BCUT2D eigenvalue weighted by molar-refractivity contribution is -0.376. The summed E-state index contributed by atoms with van der Waals surface area (Å²) in [4.78, 5) is 10.3. The highest BCUT2D eigenvalue weighted by molar-refractivity contribution is 5.63. The molecule has 0 aliphatic carbocycles. The summed E-state index contributed by atoms with van der Waals surface area (Å²) in [6.07, 6.45) is -6.07. The molecule has 0 spiro atoms. The first-order chi connectivity index (χ1) is 17.2. The van der Waals surface area contributed by atoms with E-state index < -0.39 is 23.5 Å². The predicted molar refractivity (Wildman–Crippen MR) is 121 cm³/mol. The lowest BCUT2D eigenvalue weighted by Crippen LogP contribution is -2.54. The Kier molecular flexibility index (Phi) is 6.84. The molecule has 4 rings (SSSR count). The number of hydrogen-bond acceptors (Lipinski definition) is 7. The van der Waals surface area contributed by atoms with Crippen molar-refractivity contribution in [3.8, 4) is 22.9 Å². The predicted octanol–water partition coefficient (Wildman–Crippen LogP) is 4.60. The normalized spacial score (nSPS) is 16.2. The van der Waals surface area contributed by atoms with Crippen molar-refractivity contribution in [3.63, 3.8) is 0 Å². The van der Waals surface area contributed by atoms with Gasteiger partial charge in [0.05, 0.1) is 30.3 Å². The molecule has 14 heteroatoms. The van der Waals surface area contributed by atoms with Crippen LogP contribution in [0.3, 0.4) is 0 Å². The van der Waals surface area contributed by atoms with Crippen LogP contribution in [0.5, 0.6) is 11.6 Å². The number of piperidine rings is 1. The van der Waals surface area contributed by atoms with Gasteiger partial charge in [0.25, 0.3) is 11.5 Å². The molecule has 3 heterocycles. The van der Waals surface area contributed by atoms with Crippen LogP contribution in [0.2, 0.25) is 0 Å². The van der Waals surface area contributed by atoms with Crippen LogP contribution >= 0.6 is 0 Å². The first-order valence-corrected chi connectivity index (χ1v) is 11.2. The number of alkyl halides is 6. The number of nitrogen functional groups attached to an aromatic ring is 1. The molecule has 0 atom stereocenters. The summed E-state index contributed by atoms with van der Waals surface area (Å²) in [6, 6.07) is 2.66. The highest BCUT2D eigenvalue weighted by atomic mass is 19.4. The third kappa shape index (κ3) is 5.21. The number of anilines is 1. The van der Waals surface area contributed by atoms with E-state index in [1.165, 1.54) is 19.2 Å². The van der Waals surface area contributed by atoms with Gasteiger partial charge in [0, 0.05) is 11.1 Å². The van der Waals surface area contributed by atoms with Crippen LogP contribution in [0.1, 0.15) is 30.0 Å². The summed E-state index contributed by atoms with van der Waals surface area (Å²) in [5.41, 5.74) is -0.857. The second-order valence-corrected chi connectivity index (χ2v) is 9.03. The molecule has 1 saturated heterocycles. The van der Waals surface area contributed by atoms with Gasteiger partial charge in [-0.15, -0.1) is 0 Å². The summed E-state index contributed by atoms with van der Waals surface area (Å²) in [5, 5.41) is 14.1. The van der Waals surface area contributed by atoms with Crippen LogP contribution in [0.25, 0.3) is 11.3 Å². The maximum Gasteiger partial charge on any atom is 0.430 e. The van der Waals surface area contributed by atoms with E-state index in [9.17, 15) is 31.4 Å². The fraction of sp³-hybridized carbons (Fsp3) is 0.435. The van der Waals surface area contributed by atoms with E-state index in [1.54, 1.807) is 10.9 Å². The number of hydrogen-bond donors (Lipinski definition) is 2. The molecule has 3 aromatic rings. The maximum atomic E-state index is 13.4. The molecular formula is C23H24F6N6O2. The van der Waals surface area contributed by atoms with Crippen LogP contribution in [0, 0.1) is 6.92 Å². The van der Waals surface area contributed by atoms with Gasteiger partial charge >= 0.3 is 12.4 Å². The van der Waals surface area contributed by atoms with E-state index in [0.717, 1.165) is 32.1 Å². The smallest absolute Gasteiger partial charge is 0.430 e. The van der Waals surface area contributed by atoms with E-state index in [2.05, 4.69) is 20.0 Å². The molecule has 1 aliphatic rings. The fourth-order valence-corrected chi connectivity index (χ4v) is 4.17. The number of nitrogens with two attached hydrogens (primary N) is 1. The molecule has 2 aromatic heterocycles. The lowest BCUT2D eigenvalue weighted by atomic mass is 9.89. The third-order valence-corrected chi connectivity index (χ3v) is 6.23. The van der Waals surface area contributed by atoms with Crippen molar-refractivity contribution in [2.45, 2.75) is 43.8 Å². The second-order valence-electron chi connectivity index (χ2n) is 9.03. The SMILES string of the molecule is Cc1cc(-c2cnc(N)c(Oc3cnn(C4CCN(C)CC4)c3)n2)cc(C(O)(C(F)(F)F)C(F)(F)F)c1. The number of benzene rings is 1. The van der Waals surface area contributed by atoms with E-state index in [0.29, 0.717) is 12.1 Å². The zero-order valence-electron chi connectivity index (χ0n) is 19.8. The zero-order chi connectivity index (χ0) is 27.2. The molecule has 1 fully saturated rings. The Morgan fingerprint density at radius 1 is 1.03 bits per heavy atom. The minimum atomic E-state index is -6.02. The van der Waals surface area contributed by atoms with Crippen LogP contribution in [-0.4, -0.2) is 62.2 Å². The Labute approximate surface area is 207 Å². The molecule has 0 radical (unpaired) electrons. The largest absolute Gasteiger partial charge is 0.433 e. The summed E-state index contributed by atoms with van der Waals surface area (Å²) < 4.78 is 88.0. The first kappa shape index (κ1) is 26.7. The molecule has 1 aromatic carbocycles. The Hall–Kier alpha value is -3.39. The van der Waals surface area contributed by atoms with E-state index in [4.69, 9.17) is 10.5 Å². The zero-order valence-corrected chi connectivity index (χ0v) is 19.8. The van der Waals surface area contributed by atoms with Crippen LogP contribution < -0.4 is 10.5 Å². The fourth-order valence-electron chi connectivity index (χ4n) is 4.17. The highest BCUT2D eigenvalue weighted by Gasteiger charge is 2.71. The van der Waals surface area contributed by atoms with Gasteiger partial charge in [-0.25, -0.2) is 9.97 Å². The lowest BCUT2D eigenvalue weighted by Gasteiger charge is -2.33. The maximum absolute atomic E-state index is 13.4. The minimum absolute atomic E-state index is 0.0277. The summed E-state index contributed by atoms with van der Waals surface area (Å²) >= 11 is 0. The van der Waals surface area contributed by atoms with Gasteiger partial charge in [0.15, 0.2) is 11.6 Å². The second kappa shape index (κ2) is 9.49. The molecule has 0 bridgehead atoms. The van der Waals surface area contributed by atoms with Gasteiger partial charge in [0.2, 0.25) is 0 Å². The molecule has 1 aliphatic heterocycles. The summed E-state index contributed by atoms with van der Waals surface area (Å²) in [7, 11) is 2.03. The topological polar surface area (TPSA) is 102 Å². The van der Waals surface area contributed by atoms with E-state index in [-0.39, 0.29) is 40.3 Å². The van der Waals surface area contributed by atoms with Crippen molar-refractivity contribution in [2.75, 3.05) is 25.9 Å². The van der Waals surface area contributed by atoms with Gasteiger partial charge in [0.1, 0.15) is 0 Å². The first-order valence-electron chi connectivity index (χ1n) is 11.2. The van der Waals surface area contributed by atoms with Gasteiger partial charge in [-0.3, -0.25) is 4.68 Å². The summed E-state index contributed by atoms with van der Waals surface area (Å²) in [6.45, 7) is 3.12. The number of halogens is 6. The highest BCUT2D eigenvalue weighted by Crippen LogP contribution is 2.50. The average molecular weight is 530 g/mol. The van der Waals surface area contributed by atoms with E-state index in [1.807, 2.05) is 7.05 Å². The van der Waals surface area contributed by atoms with Crippen LogP contribution in [0.4, 0.5) is 32.2 Å². The van der Waals surface area contributed by atoms with Gasteiger partial charge in [-0.1, -0.05) is 11.6 Å². The summed E-state index contributed by atoms with van der Waals surface area (Å²) in [5.74, 6) is -0.0679. The third-order valence-electron chi connectivity index (χ3n) is 6.23. The molecule has 0 amide bonds. The van der Waals surface area contributed by atoms with Crippen molar-refractivity contribution in [1.82, 2.24) is 24.6 Å². The minimum Gasteiger partial charge on any atom is -0.433 e. The standard InChI is InChI=1S/C23H24F6N6O2/c1-13-7-14(9-15(8-13)21(36,22(24,25)26)23(27,28)29)18-11-31-19(30)20(33-18)37-17-10-32-35(12-17)16-3-5-34(2)6-4-16/h7-12,16,36H,3-6H2,1-2H3,(H2,30,31). The monoisotopic (exact) mass is 530 g/mol. The molecule has 0 saturated carbocycles. The molecule has 200 valence electrons. The van der Waals surface area contributed by atoms with E-state index >= 15 is 0 Å². The van der Waals surface area contributed by atoms with Crippen molar-refractivity contribution in [2.24, 2.45) is 0 Å². The Bertz CT molecular complexity index is 1250. The molecule has 37 heavy (non-hydrogen) atoms.